The predicted octanol–water partition coefficient (Wildman–Crippen LogP) is 20.7. The van der Waals surface area contributed by atoms with Crippen LogP contribution >= 0.6 is 0 Å². The zero-order valence-corrected chi connectivity index (χ0v) is 49.9. The lowest BCUT2D eigenvalue weighted by atomic mass is 9.34. The second-order valence-corrected chi connectivity index (χ2v) is 24.6. The van der Waals surface area contributed by atoms with Gasteiger partial charge in [-0.25, -0.2) is 0 Å². The lowest BCUT2D eigenvalue weighted by Gasteiger charge is -2.42. The van der Waals surface area contributed by atoms with Gasteiger partial charge in [0, 0.05) is 83.4 Å². The van der Waals surface area contributed by atoms with Crippen LogP contribution < -0.4 is 26.0 Å². The summed E-state index contributed by atoms with van der Waals surface area (Å²) in [5.74, 6) is 1.66. The van der Waals surface area contributed by atoms with E-state index in [4.69, 9.17) is 4.74 Å². The van der Waals surface area contributed by atoms with Crippen LogP contribution in [-0.2, 0) is 0 Å². The van der Waals surface area contributed by atoms with Crippen LogP contribution in [-0.4, -0.2) is 20.4 Å². The van der Waals surface area contributed by atoms with E-state index in [1.54, 1.807) is 0 Å². The number of fused-ring (bicyclic) bond motifs is 15. The van der Waals surface area contributed by atoms with Crippen molar-refractivity contribution in [2.45, 2.75) is 0 Å². The zero-order valence-electron chi connectivity index (χ0n) is 49.9. The van der Waals surface area contributed by atoms with E-state index < -0.39 is 0 Å². The standard InChI is InChI=1S/C86H53BN4O/c1-3-24-54(25-4-1)59-38-23-39-60(55-26-5-2-6-27-55)85(59)91-79-50-56(83-67-34-7-9-36-69(67)86(70-37-10-8-35-68(70)83)90-77-44-21-15-32-65(77)66-33-16-22-45-78(66)90)46-48-71(79)87-72-49-47-57(88-73-40-17-11-28-61(73)62-29-12-18-41-74(62)88)52-81(72)92-82-53-58(51-80(91)84(82)87)89-75-42-19-13-30-63(75)64-31-14-20-43-76(64)89/h1-53H. The fraction of sp³-hybridized carbons (Fsp3) is 0. The van der Waals surface area contributed by atoms with Gasteiger partial charge in [0.15, 0.2) is 0 Å². The molecule has 6 heteroatoms. The van der Waals surface area contributed by atoms with Crippen molar-refractivity contribution in [2.24, 2.45) is 0 Å². The average Bonchev–Trinajstić information content (AvgIpc) is 0.736. The Morgan fingerprint density at radius 3 is 1.14 bits per heavy atom. The quantitative estimate of drug-likeness (QED) is 0.117. The van der Waals surface area contributed by atoms with Gasteiger partial charge in [-0.05, 0) is 104 Å². The number of hydrogen-bond donors (Lipinski definition) is 0. The summed E-state index contributed by atoms with van der Waals surface area (Å²) in [5.41, 5.74) is 23.7. The van der Waals surface area contributed by atoms with Gasteiger partial charge in [-0.3, -0.25) is 0 Å². The molecule has 0 unspecified atom stereocenters. The molecule has 0 aliphatic carbocycles. The average molecular weight is 1170 g/mol. The van der Waals surface area contributed by atoms with Gasteiger partial charge in [0.2, 0.25) is 0 Å². The highest BCUT2D eigenvalue weighted by atomic mass is 16.5. The third-order valence-corrected chi connectivity index (χ3v) is 19.8. The Morgan fingerprint density at radius 1 is 0.250 bits per heavy atom. The van der Waals surface area contributed by atoms with Crippen molar-refractivity contribution in [1.82, 2.24) is 13.7 Å². The first-order valence-electron chi connectivity index (χ1n) is 31.8. The van der Waals surface area contributed by atoms with E-state index in [-0.39, 0.29) is 6.71 Å². The van der Waals surface area contributed by atoms with Gasteiger partial charge in [-0.15, -0.1) is 0 Å². The Morgan fingerprint density at radius 2 is 0.652 bits per heavy atom. The van der Waals surface area contributed by atoms with E-state index in [2.05, 4.69) is 340 Å². The van der Waals surface area contributed by atoms with Crippen molar-refractivity contribution in [1.29, 1.82) is 0 Å². The van der Waals surface area contributed by atoms with Gasteiger partial charge in [0.05, 0.1) is 50.2 Å². The lowest BCUT2D eigenvalue weighted by Crippen LogP contribution is -2.59. The van der Waals surface area contributed by atoms with Gasteiger partial charge in [0.25, 0.3) is 6.71 Å². The largest absolute Gasteiger partial charge is 0.458 e. The summed E-state index contributed by atoms with van der Waals surface area (Å²) in [4.78, 5) is 2.62. The maximum absolute atomic E-state index is 7.71. The summed E-state index contributed by atoms with van der Waals surface area (Å²) in [5, 5.41) is 12.1. The normalized spacial score (nSPS) is 12.6. The number of rotatable bonds is 7. The Kier molecular flexibility index (Phi) is 10.9. The summed E-state index contributed by atoms with van der Waals surface area (Å²) in [6, 6.07) is 119. The van der Waals surface area contributed by atoms with Crippen molar-refractivity contribution in [3.8, 4) is 61.9 Å². The van der Waals surface area contributed by atoms with Crippen LogP contribution in [0.2, 0.25) is 0 Å². The maximum atomic E-state index is 7.71. The Balaban J connectivity index is 0.914. The fourth-order valence-electron chi connectivity index (χ4n) is 16.1. The Bertz CT molecular complexity index is 5860. The van der Waals surface area contributed by atoms with E-state index in [0.717, 1.165) is 101 Å². The first kappa shape index (κ1) is 50.8. The maximum Gasteiger partial charge on any atom is 0.256 e. The van der Waals surface area contributed by atoms with E-state index in [1.807, 2.05) is 0 Å². The van der Waals surface area contributed by atoms with Crippen molar-refractivity contribution in [3.63, 3.8) is 0 Å². The third kappa shape index (κ3) is 7.26. The number of ether oxygens (including phenoxy) is 1. The zero-order chi connectivity index (χ0) is 60.1. The van der Waals surface area contributed by atoms with Gasteiger partial charge in [-0.2, -0.15) is 0 Å². The van der Waals surface area contributed by atoms with Gasteiger partial charge >= 0.3 is 0 Å². The summed E-state index contributed by atoms with van der Waals surface area (Å²) >= 11 is 0. The molecule has 0 spiro atoms. The molecular formula is C86H53BN4O. The molecule has 426 valence electrons. The molecule has 15 aromatic carbocycles. The van der Waals surface area contributed by atoms with Gasteiger partial charge < -0.3 is 23.3 Å². The van der Waals surface area contributed by atoms with Crippen LogP contribution in [0.25, 0.3) is 137 Å². The number of nitrogens with zero attached hydrogens (tertiary/aromatic N) is 4. The molecule has 0 atom stereocenters. The highest BCUT2D eigenvalue weighted by molar-refractivity contribution is 6.99. The third-order valence-electron chi connectivity index (χ3n) is 19.8. The molecule has 0 saturated carbocycles. The molecule has 20 rings (SSSR count). The second kappa shape index (κ2) is 19.7. The molecule has 0 bridgehead atoms. The Labute approximate surface area is 530 Å². The monoisotopic (exact) mass is 1170 g/mol. The molecule has 2 aliphatic heterocycles. The minimum Gasteiger partial charge on any atom is -0.458 e. The van der Waals surface area contributed by atoms with Gasteiger partial charge in [-0.1, -0.05) is 255 Å². The van der Waals surface area contributed by atoms with Crippen LogP contribution in [0.5, 0.6) is 11.5 Å². The number of anilines is 3. The lowest BCUT2D eigenvalue weighted by molar-refractivity contribution is 0.487. The van der Waals surface area contributed by atoms with Gasteiger partial charge in [0.1, 0.15) is 11.5 Å². The molecular weight excluding hydrogens is 1120 g/mol. The summed E-state index contributed by atoms with van der Waals surface area (Å²) < 4.78 is 15.1. The smallest absolute Gasteiger partial charge is 0.256 e. The molecule has 0 saturated heterocycles. The SMILES string of the molecule is c1ccc(-c2cccc(-c3ccccc3)c2N2c3cc(-c4c5ccccc5c(-n5c6ccccc6c6ccccc65)c5ccccc45)ccc3B3c4ccc(-n5c6ccccc6c6ccccc65)cc4Oc4cc(-n5c6ccccc6c6ccccc65)cc2c43)cc1. The minimum atomic E-state index is -0.223. The molecule has 3 aromatic heterocycles. The van der Waals surface area contributed by atoms with Crippen molar-refractivity contribution in [3.05, 3.63) is 322 Å². The molecule has 0 fully saturated rings. The summed E-state index contributed by atoms with van der Waals surface area (Å²) in [6.45, 7) is -0.223. The number of benzene rings is 15. The molecule has 0 N–H and O–H groups in total. The predicted molar refractivity (Wildman–Crippen MR) is 387 cm³/mol. The highest BCUT2D eigenvalue weighted by Crippen LogP contribution is 2.52. The van der Waals surface area contributed by atoms with Crippen LogP contribution in [0.15, 0.2) is 322 Å². The van der Waals surface area contributed by atoms with Crippen LogP contribution in [0, 0.1) is 0 Å². The van der Waals surface area contributed by atoms with E-state index >= 15 is 0 Å². The number of hydrogen-bond acceptors (Lipinski definition) is 2. The van der Waals surface area contributed by atoms with Crippen LogP contribution in [0.1, 0.15) is 0 Å². The first-order valence-corrected chi connectivity index (χ1v) is 31.8. The number of aromatic nitrogens is 3. The number of para-hydroxylation sites is 7. The van der Waals surface area contributed by atoms with E-state index in [0.29, 0.717) is 0 Å². The summed E-state index contributed by atoms with van der Waals surface area (Å²) in [7, 11) is 0. The van der Waals surface area contributed by atoms with E-state index in [1.165, 1.54) is 81.6 Å². The molecule has 0 radical (unpaired) electrons. The fourth-order valence-corrected chi connectivity index (χ4v) is 16.1. The minimum absolute atomic E-state index is 0.223. The molecule has 2 aliphatic rings. The summed E-state index contributed by atoms with van der Waals surface area (Å²) in [6.07, 6.45) is 0. The van der Waals surface area contributed by atoms with Crippen molar-refractivity contribution >= 4 is 127 Å². The molecule has 18 aromatic rings. The molecule has 5 heterocycles. The molecule has 0 amide bonds. The topological polar surface area (TPSA) is 27.3 Å². The molecule has 92 heavy (non-hydrogen) atoms. The highest BCUT2D eigenvalue weighted by Gasteiger charge is 2.44. The van der Waals surface area contributed by atoms with Crippen LogP contribution in [0.4, 0.5) is 17.1 Å². The van der Waals surface area contributed by atoms with Crippen LogP contribution in [0.3, 0.4) is 0 Å². The van der Waals surface area contributed by atoms with E-state index in [9.17, 15) is 0 Å². The van der Waals surface area contributed by atoms with Crippen molar-refractivity contribution < 1.29 is 4.74 Å². The second-order valence-electron chi connectivity index (χ2n) is 24.6. The first-order chi connectivity index (χ1) is 45.7. The Hall–Kier alpha value is -12.1. The van der Waals surface area contributed by atoms with Crippen molar-refractivity contribution in [2.75, 3.05) is 4.90 Å². The molecule has 5 nitrogen and oxygen atoms in total.